The largest absolute Gasteiger partial charge is 0.439 e. The predicted octanol–water partition coefficient (Wildman–Crippen LogP) is 4.38. The fraction of sp³-hybridized carbons (Fsp3) is 0.478. The Morgan fingerprint density at radius 2 is 2.00 bits per heavy atom. The van der Waals surface area contributed by atoms with Crippen molar-refractivity contribution in [2.75, 3.05) is 13.1 Å². The molecule has 2 aromatic rings. The van der Waals surface area contributed by atoms with Gasteiger partial charge in [0.15, 0.2) is 0 Å². The van der Waals surface area contributed by atoms with Crippen LogP contribution in [0.15, 0.2) is 36.5 Å². The van der Waals surface area contributed by atoms with Crippen LogP contribution in [0.25, 0.3) is 0 Å². The van der Waals surface area contributed by atoms with Gasteiger partial charge in [-0.15, -0.1) is 0 Å². The SMILES string of the molecule is Cc1ccc(Oc2ccc(C(N)=O)cn2)cc1CCNCCC1CCCCC1. The third-order valence-corrected chi connectivity index (χ3v) is 5.59. The number of nitrogens with two attached hydrogens (primary N) is 1. The van der Waals surface area contributed by atoms with E-state index >= 15 is 0 Å². The van der Waals surface area contributed by atoms with Crippen molar-refractivity contribution in [3.63, 3.8) is 0 Å². The fourth-order valence-corrected chi connectivity index (χ4v) is 3.82. The highest BCUT2D eigenvalue weighted by Gasteiger charge is 2.12. The normalized spacial score (nSPS) is 14.8. The fourth-order valence-electron chi connectivity index (χ4n) is 3.82. The molecule has 0 unspecified atom stereocenters. The molecule has 1 amide bonds. The van der Waals surface area contributed by atoms with Gasteiger partial charge in [0.25, 0.3) is 0 Å². The highest BCUT2D eigenvalue weighted by atomic mass is 16.5. The van der Waals surface area contributed by atoms with Crippen molar-refractivity contribution < 1.29 is 9.53 Å². The minimum atomic E-state index is -0.493. The lowest BCUT2D eigenvalue weighted by Gasteiger charge is -2.21. The van der Waals surface area contributed by atoms with Gasteiger partial charge in [-0.25, -0.2) is 4.98 Å². The molecule has 3 N–H and O–H groups in total. The van der Waals surface area contributed by atoms with Crippen molar-refractivity contribution in [2.24, 2.45) is 11.7 Å². The van der Waals surface area contributed by atoms with E-state index in [0.29, 0.717) is 11.4 Å². The molecule has 1 aliphatic carbocycles. The van der Waals surface area contributed by atoms with Gasteiger partial charge in [0.05, 0.1) is 5.56 Å². The van der Waals surface area contributed by atoms with Crippen LogP contribution < -0.4 is 15.8 Å². The van der Waals surface area contributed by atoms with Crippen LogP contribution in [0.5, 0.6) is 11.6 Å². The molecule has 0 spiro atoms. The smallest absolute Gasteiger partial charge is 0.250 e. The van der Waals surface area contributed by atoms with Crippen LogP contribution >= 0.6 is 0 Å². The summed E-state index contributed by atoms with van der Waals surface area (Å²) in [5.74, 6) is 1.63. The van der Waals surface area contributed by atoms with Gasteiger partial charge in [-0.1, -0.05) is 38.2 Å². The zero-order valence-electron chi connectivity index (χ0n) is 16.7. The number of pyridine rings is 1. The molecule has 1 saturated carbocycles. The third kappa shape index (κ3) is 6.06. The highest BCUT2D eigenvalue weighted by Crippen LogP contribution is 2.26. The van der Waals surface area contributed by atoms with E-state index < -0.39 is 5.91 Å². The minimum Gasteiger partial charge on any atom is -0.439 e. The standard InChI is InChI=1S/C23H31N3O2/c1-17-7-9-21(28-22-10-8-20(16-26-22)23(24)27)15-19(17)12-14-25-13-11-18-5-3-2-4-6-18/h7-10,15-16,18,25H,2-6,11-14H2,1H3,(H2,24,27). The van der Waals surface area contributed by atoms with Crippen molar-refractivity contribution in [3.05, 3.63) is 53.2 Å². The molecule has 28 heavy (non-hydrogen) atoms. The quantitative estimate of drug-likeness (QED) is 0.632. The Balaban J connectivity index is 1.47. The first-order chi connectivity index (χ1) is 13.6. The molecule has 0 bridgehead atoms. The zero-order valence-corrected chi connectivity index (χ0v) is 16.7. The van der Waals surface area contributed by atoms with Crippen molar-refractivity contribution in [2.45, 2.75) is 51.9 Å². The Morgan fingerprint density at radius 1 is 1.18 bits per heavy atom. The Bertz CT molecular complexity index is 768. The van der Waals surface area contributed by atoms with Crippen molar-refractivity contribution in [1.82, 2.24) is 10.3 Å². The molecule has 3 rings (SSSR count). The average Bonchev–Trinajstić information content (AvgIpc) is 2.71. The van der Waals surface area contributed by atoms with E-state index in [1.807, 2.05) is 6.07 Å². The molecule has 1 aromatic heterocycles. The summed E-state index contributed by atoms with van der Waals surface area (Å²) in [5.41, 5.74) is 8.15. The Morgan fingerprint density at radius 3 is 2.71 bits per heavy atom. The van der Waals surface area contributed by atoms with Crippen LogP contribution in [0.1, 0.15) is 60.0 Å². The van der Waals surface area contributed by atoms with Gasteiger partial charge in [0.1, 0.15) is 5.75 Å². The lowest BCUT2D eigenvalue weighted by atomic mass is 9.87. The second-order valence-electron chi connectivity index (χ2n) is 7.73. The molecular formula is C23H31N3O2. The first-order valence-corrected chi connectivity index (χ1v) is 10.4. The van der Waals surface area contributed by atoms with E-state index in [1.165, 1.54) is 55.8 Å². The number of ether oxygens (including phenoxy) is 1. The van der Waals surface area contributed by atoms with Crippen LogP contribution in [0.3, 0.4) is 0 Å². The Labute approximate surface area is 167 Å². The van der Waals surface area contributed by atoms with Crippen molar-refractivity contribution in [1.29, 1.82) is 0 Å². The van der Waals surface area contributed by atoms with E-state index in [2.05, 4.69) is 29.4 Å². The molecule has 0 radical (unpaired) electrons. The monoisotopic (exact) mass is 381 g/mol. The second kappa shape index (κ2) is 10.2. The van der Waals surface area contributed by atoms with Gasteiger partial charge in [0, 0.05) is 12.3 Å². The van der Waals surface area contributed by atoms with Crippen LogP contribution in [0.4, 0.5) is 0 Å². The van der Waals surface area contributed by atoms with E-state index in [0.717, 1.165) is 31.2 Å². The van der Waals surface area contributed by atoms with Crippen molar-refractivity contribution in [3.8, 4) is 11.6 Å². The second-order valence-corrected chi connectivity index (χ2v) is 7.73. The highest BCUT2D eigenvalue weighted by molar-refractivity contribution is 5.92. The number of rotatable bonds is 9. The molecule has 0 atom stereocenters. The van der Waals surface area contributed by atoms with Gasteiger partial charge in [-0.3, -0.25) is 4.79 Å². The summed E-state index contributed by atoms with van der Waals surface area (Å²) < 4.78 is 5.83. The maximum Gasteiger partial charge on any atom is 0.250 e. The van der Waals surface area contributed by atoms with E-state index in [1.54, 1.807) is 12.1 Å². The summed E-state index contributed by atoms with van der Waals surface area (Å²) in [6, 6.07) is 9.37. The molecule has 1 fully saturated rings. The summed E-state index contributed by atoms with van der Waals surface area (Å²) >= 11 is 0. The number of carbonyl (C=O) groups excluding carboxylic acids is 1. The Kier molecular flexibility index (Phi) is 7.43. The number of hydrogen-bond donors (Lipinski definition) is 2. The average molecular weight is 382 g/mol. The van der Waals surface area contributed by atoms with Crippen molar-refractivity contribution >= 4 is 5.91 Å². The number of carbonyl (C=O) groups is 1. The number of nitrogens with zero attached hydrogens (tertiary/aromatic N) is 1. The summed E-state index contributed by atoms with van der Waals surface area (Å²) in [5, 5.41) is 3.60. The molecule has 0 aliphatic heterocycles. The van der Waals surface area contributed by atoms with Gasteiger partial charge < -0.3 is 15.8 Å². The van der Waals surface area contributed by atoms with Gasteiger partial charge in [-0.2, -0.15) is 0 Å². The number of benzene rings is 1. The van der Waals surface area contributed by atoms with Crippen LogP contribution in [0.2, 0.25) is 0 Å². The first kappa shape index (κ1) is 20.3. The summed E-state index contributed by atoms with van der Waals surface area (Å²) in [7, 11) is 0. The third-order valence-electron chi connectivity index (χ3n) is 5.59. The Hall–Kier alpha value is -2.40. The molecule has 5 heteroatoms. The molecule has 5 nitrogen and oxygen atoms in total. The number of aromatic nitrogens is 1. The minimum absolute atomic E-state index is 0.372. The predicted molar refractivity (Wildman–Crippen MR) is 112 cm³/mol. The molecule has 0 saturated heterocycles. The molecule has 1 heterocycles. The topological polar surface area (TPSA) is 77.2 Å². The van der Waals surface area contributed by atoms with E-state index in [9.17, 15) is 4.79 Å². The van der Waals surface area contributed by atoms with Crippen LogP contribution in [0, 0.1) is 12.8 Å². The lowest BCUT2D eigenvalue weighted by molar-refractivity contribution is 0.1000. The van der Waals surface area contributed by atoms with Gasteiger partial charge in [-0.05, 0) is 68.1 Å². The summed E-state index contributed by atoms with van der Waals surface area (Å²) in [4.78, 5) is 15.3. The molecule has 1 aliphatic rings. The number of amides is 1. The lowest BCUT2D eigenvalue weighted by Crippen LogP contribution is -2.22. The van der Waals surface area contributed by atoms with Crippen LogP contribution in [-0.4, -0.2) is 24.0 Å². The summed E-state index contributed by atoms with van der Waals surface area (Å²) in [6.07, 6.45) is 10.8. The number of hydrogen-bond acceptors (Lipinski definition) is 4. The van der Waals surface area contributed by atoms with E-state index in [-0.39, 0.29) is 0 Å². The first-order valence-electron chi connectivity index (χ1n) is 10.4. The molecular weight excluding hydrogens is 350 g/mol. The maximum atomic E-state index is 11.1. The van der Waals surface area contributed by atoms with Crippen LogP contribution in [-0.2, 0) is 6.42 Å². The zero-order chi connectivity index (χ0) is 19.8. The maximum absolute atomic E-state index is 11.1. The molecule has 150 valence electrons. The van der Waals surface area contributed by atoms with Gasteiger partial charge in [0.2, 0.25) is 11.8 Å². The van der Waals surface area contributed by atoms with Gasteiger partial charge >= 0.3 is 0 Å². The number of aryl methyl sites for hydroxylation is 1. The number of primary amides is 1. The number of nitrogens with one attached hydrogen (secondary N) is 1. The summed E-state index contributed by atoms with van der Waals surface area (Å²) in [6.45, 7) is 4.21. The molecule has 1 aromatic carbocycles. The van der Waals surface area contributed by atoms with E-state index in [4.69, 9.17) is 10.5 Å².